The van der Waals surface area contributed by atoms with Crippen LogP contribution >= 0.6 is 39.9 Å². The summed E-state index contributed by atoms with van der Waals surface area (Å²) in [5.41, 5.74) is 1.31. The van der Waals surface area contributed by atoms with Gasteiger partial charge in [0, 0.05) is 10.0 Å². The molecule has 2 aromatic carbocycles. The number of rotatable bonds is 5. The summed E-state index contributed by atoms with van der Waals surface area (Å²) in [4.78, 5) is 25.4. The van der Waals surface area contributed by atoms with Gasteiger partial charge in [-0.25, -0.2) is 4.79 Å². The molecule has 0 unspecified atom stereocenters. The second-order valence-corrected chi connectivity index (χ2v) is 7.81. The number of anilines is 1. The van der Waals surface area contributed by atoms with Gasteiger partial charge in [0.15, 0.2) is 10.9 Å². The number of hydrogen-bond donors (Lipinski definition) is 1. The molecule has 8 heteroatoms. The van der Waals surface area contributed by atoms with E-state index in [0.717, 1.165) is 4.47 Å². The van der Waals surface area contributed by atoms with Gasteiger partial charge in [-0.15, -0.1) is 0 Å². The van der Waals surface area contributed by atoms with E-state index in [1.54, 1.807) is 30.3 Å². The van der Waals surface area contributed by atoms with Crippen molar-refractivity contribution in [1.29, 1.82) is 0 Å². The van der Waals surface area contributed by atoms with Crippen LogP contribution in [0, 0.1) is 0 Å². The van der Waals surface area contributed by atoms with Gasteiger partial charge < -0.3 is 9.84 Å². The minimum Gasteiger partial charge on any atom is -0.481 e. The van der Waals surface area contributed by atoms with Gasteiger partial charge in [-0.3, -0.25) is 9.69 Å². The Morgan fingerprint density at radius 1 is 1.23 bits per heavy atom. The first-order valence-corrected chi connectivity index (χ1v) is 9.44. The van der Waals surface area contributed by atoms with E-state index in [0.29, 0.717) is 26.2 Å². The van der Waals surface area contributed by atoms with Crippen LogP contribution in [0.15, 0.2) is 57.9 Å². The third kappa shape index (κ3) is 4.14. The van der Waals surface area contributed by atoms with E-state index in [1.165, 1.54) is 16.7 Å². The normalized spacial score (nSPS) is 15.6. The van der Waals surface area contributed by atoms with Crippen LogP contribution in [0.25, 0.3) is 6.08 Å². The maximum absolute atomic E-state index is 12.8. The molecule has 0 spiro atoms. The lowest BCUT2D eigenvalue weighted by Crippen LogP contribution is -2.27. The minimum absolute atomic E-state index is 0.227. The second-order valence-electron chi connectivity index (χ2n) is 5.21. The number of amides is 1. The SMILES string of the molecule is O=C(O)COc1ccccc1/C=C1/SC(=S)N(c2ccc(Br)cc2)C1=O. The molecule has 1 heterocycles. The summed E-state index contributed by atoms with van der Waals surface area (Å²) in [6.45, 7) is -0.454. The van der Waals surface area contributed by atoms with Crippen LogP contribution in [0.3, 0.4) is 0 Å². The number of para-hydroxylation sites is 1. The summed E-state index contributed by atoms with van der Waals surface area (Å²) >= 11 is 9.91. The molecule has 1 amide bonds. The van der Waals surface area contributed by atoms with E-state index in [9.17, 15) is 9.59 Å². The molecule has 5 nitrogen and oxygen atoms in total. The van der Waals surface area contributed by atoms with Crippen molar-refractivity contribution in [2.75, 3.05) is 11.5 Å². The first-order valence-electron chi connectivity index (χ1n) is 7.43. The molecule has 0 aliphatic carbocycles. The topological polar surface area (TPSA) is 66.8 Å². The van der Waals surface area contributed by atoms with E-state index in [-0.39, 0.29) is 5.91 Å². The zero-order valence-corrected chi connectivity index (χ0v) is 16.4. The standard InChI is InChI=1S/C18H12BrNO4S2/c19-12-5-7-13(8-6-12)20-17(23)15(26-18(20)25)9-11-3-1-2-4-14(11)24-10-16(21)22/h1-9H,10H2,(H,21,22)/b15-9+. The summed E-state index contributed by atoms with van der Waals surface area (Å²) in [6.07, 6.45) is 1.66. The summed E-state index contributed by atoms with van der Waals surface area (Å²) in [5.74, 6) is -0.902. The van der Waals surface area contributed by atoms with Crippen LogP contribution in [0.4, 0.5) is 5.69 Å². The van der Waals surface area contributed by atoms with Crippen LogP contribution < -0.4 is 9.64 Å². The monoisotopic (exact) mass is 449 g/mol. The number of carboxylic acids is 1. The van der Waals surface area contributed by atoms with Gasteiger partial charge in [0.25, 0.3) is 5.91 Å². The summed E-state index contributed by atoms with van der Waals surface area (Å²) < 4.78 is 6.63. The highest BCUT2D eigenvalue weighted by Crippen LogP contribution is 2.37. The van der Waals surface area contributed by atoms with E-state index in [4.69, 9.17) is 22.1 Å². The van der Waals surface area contributed by atoms with Gasteiger partial charge in [-0.05, 0) is 36.4 Å². The lowest BCUT2D eigenvalue weighted by atomic mass is 10.2. The average Bonchev–Trinajstić information content (AvgIpc) is 2.89. The van der Waals surface area contributed by atoms with Crippen molar-refractivity contribution >= 4 is 67.9 Å². The maximum atomic E-state index is 12.8. The molecule has 0 radical (unpaired) electrons. The van der Waals surface area contributed by atoms with Gasteiger partial charge >= 0.3 is 5.97 Å². The van der Waals surface area contributed by atoms with E-state index in [1.807, 2.05) is 24.3 Å². The fourth-order valence-corrected chi connectivity index (χ4v) is 3.85. The molecule has 26 heavy (non-hydrogen) atoms. The Kier molecular flexibility index (Phi) is 5.75. The van der Waals surface area contributed by atoms with Gasteiger partial charge in [0.2, 0.25) is 0 Å². The Bertz CT molecular complexity index is 912. The van der Waals surface area contributed by atoms with Crippen LogP contribution in [0.1, 0.15) is 5.56 Å². The quantitative estimate of drug-likeness (QED) is 0.541. The highest BCUT2D eigenvalue weighted by Gasteiger charge is 2.33. The van der Waals surface area contributed by atoms with Crippen molar-refractivity contribution < 1.29 is 19.4 Å². The molecular formula is C18H12BrNO4S2. The molecule has 0 saturated carbocycles. The molecule has 1 N–H and O–H groups in total. The smallest absolute Gasteiger partial charge is 0.341 e. The summed E-state index contributed by atoms with van der Waals surface area (Å²) in [7, 11) is 0. The number of carbonyl (C=O) groups is 2. The molecule has 1 aliphatic heterocycles. The molecule has 132 valence electrons. The van der Waals surface area contributed by atoms with Gasteiger partial charge in [-0.1, -0.05) is 58.1 Å². The number of nitrogens with zero attached hydrogens (tertiary/aromatic N) is 1. The predicted molar refractivity (Wildman–Crippen MR) is 109 cm³/mol. The molecule has 0 bridgehead atoms. The number of carbonyl (C=O) groups excluding carboxylic acids is 1. The molecule has 1 fully saturated rings. The van der Waals surface area contributed by atoms with Gasteiger partial charge in [0.1, 0.15) is 5.75 Å². The van der Waals surface area contributed by atoms with E-state index in [2.05, 4.69) is 15.9 Å². The minimum atomic E-state index is -1.07. The molecular weight excluding hydrogens is 438 g/mol. The Balaban J connectivity index is 1.89. The van der Waals surface area contributed by atoms with Crippen molar-refractivity contribution in [3.63, 3.8) is 0 Å². The van der Waals surface area contributed by atoms with Crippen LogP contribution in [0.5, 0.6) is 5.75 Å². The molecule has 0 atom stereocenters. The Labute approximate surface area is 167 Å². The lowest BCUT2D eigenvalue weighted by Gasteiger charge is -2.14. The maximum Gasteiger partial charge on any atom is 0.341 e. The first-order chi connectivity index (χ1) is 12.5. The first kappa shape index (κ1) is 18.6. The van der Waals surface area contributed by atoms with Gasteiger partial charge in [0.05, 0.1) is 10.6 Å². The fourth-order valence-electron chi connectivity index (χ4n) is 2.29. The van der Waals surface area contributed by atoms with E-state index < -0.39 is 12.6 Å². The molecule has 2 aromatic rings. The van der Waals surface area contributed by atoms with Crippen molar-refractivity contribution in [3.05, 3.63) is 63.5 Å². The van der Waals surface area contributed by atoms with Crippen molar-refractivity contribution in [2.24, 2.45) is 0 Å². The van der Waals surface area contributed by atoms with Gasteiger partial charge in [-0.2, -0.15) is 0 Å². The van der Waals surface area contributed by atoms with Crippen LogP contribution in [-0.2, 0) is 9.59 Å². The van der Waals surface area contributed by atoms with E-state index >= 15 is 0 Å². The third-order valence-corrected chi connectivity index (χ3v) is 5.27. The van der Waals surface area contributed by atoms with Crippen molar-refractivity contribution in [1.82, 2.24) is 0 Å². The Morgan fingerprint density at radius 3 is 2.62 bits per heavy atom. The van der Waals surface area contributed by atoms with Crippen molar-refractivity contribution in [2.45, 2.75) is 0 Å². The number of benzene rings is 2. The average molecular weight is 450 g/mol. The number of thioether (sulfide) groups is 1. The highest BCUT2D eigenvalue weighted by atomic mass is 79.9. The van der Waals surface area contributed by atoms with Crippen molar-refractivity contribution in [3.8, 4) is 5.75 Å². The van der Waals surface area contributed by atoms with Crippen LogP contribution in [-0.4, -0.2) is 27.9 Å². The highest BCUT2D eigenvalue weighted by molar-refractivity contribution is 9.10. The number of ether oxygens (including phenoxy) is 1. The molecule has 1 aliphatic rings. The zero-order chi connectivity index (χ0) is 18.7. The number of hydrogen-bond acceptors (Lipinski definition) is 5. The summed E-state index contributed by atoms with van der Waals surface area (Å²) in [6, 6.07) is 14.2. The van der Waals surface area contributed by atoms with Crippen LogP contribution in [0.2, 0.25) is 0 Å². The molecule has 1 saturated heterocycles. The molecule has 3 rings (SSSR count). The predicted octanol–water partition coefficient (Wildman–Crippen LogP) is 4.32. The molecule has 0 aromatic heterocycles. The largest absolute Gasteiger partial charge is 0.481 e. The summed E-state index contributed by atoms with van der Waals surface area (Å²) in [5, 5.41) is 8.78. The number of carboxylic acid groups (broad SMARTS) is 1. The number of thiocarbonyl (C=S) groups is 1. The second kappa shape index (κ2) is 8.03. The Morgan fingerprint density at radius 2 is 1.92 bits per heavy atom. The lowest BCUT2D eigenvalue weighted by molar-refractivity contribution is -0.139. The third-order valence-electron chi connectivity index (χ3n) is 3.44. The Hall–Kier alpha value is -2.16. The number of halogens is 1. The number of aliphatic carboxylic acids is 1. The fraction of sp³-hybridized carbons (Fsp3) is 0.0556. The zero-order valence-electron chi connectivity index (χ0n) is 13.2.